The van der Waals surface area contributed by atoms with Gasteiger partial charge in [-0.2, -0.15) is 0 Å². The summed E-state index contributed by atoms with van der Waals surface area (Å²) in [6, 6.07) is 8.99. The second-order valence-corrected chi connectivity index (χ2v) is 7.24. The Morgan fingerprint density at radius 1 is 1.40 bits per heavy atom. The minimum Gasteiger partial charge on any atom is -0.495 e. The molecule has 0 bridgehead atoms. The summed E-state index contributed by atoms with van der Waals surface area (Å²) in [6.07, 6.45) is 3.82. The maximum absolute atomic E-state index is 12.3. The van der Waals surface area contributed by atoms with Crippen molar-refractivity contribution in [3.05, 3.63) is 57.0 Å². The zero-order chi connectivity index (χ0) is 17.6. The molecule has 25 heavy (non-hydrogen) atoms. The van der Waals surface area contributed by atoms with Crippen LogP contribution in [0.5, 0.6) is 5.75 Å². The number of ether oxygens (including phenoxy) is 1. The van der Waals surface area contributed by atoms with Gasteiger partial charge in [-0.15, -0.1) is 16.4 Å². The molecule has 0 fully saturated rings. The number of nitrogens with one attached hydrogen (secondary N) is 1. The van der Waals surface area contributed by atoms with Crippen LogP contribution in [0.15, 0.2) is 40.9 Å². The zero-order valence-electron chi connectivity index (χ0n) is 13.2. The second-order valence-electron chi connectivity index (χ2n) is 4.91. The molecule has 3 rings (SSSR count). The summed E-state index contributed by atoms with van der Waals surface area (Å²) in [5, 5.41) is 9.90. The van der Waals surface area contributed by atoms with Gasteiger partial charge in [0.2, 0.25) is 5.16 Å². The Kier molecular flexibility index (Phi) is 5.91. The fourth-order valence-corrected chi connectivity index (χ4v) is 3.57. The summed E-state index contributed by atoms with van der Waals surface area (Å²) >= 11 is 8.97. The van der Waals surface area contributed by atoms with Gasteiger partial charge >= 0.3 is 0 Å². The average Bonchev–Trinajstić information content (AvgIpc) is 3.29. The number of halogens is 1. The number of Topliss-reactive ketones (excluding diaryl/α,β-unsaturated/α-hetero) is 1. The highest BCUT2D eigenvalue weighted by molar-refractivity contribution is 7.99. The third-order valence-electron chi connectivity index (χ3n) is 3.24. The molecule has 0 aliphatic rings. The summed E-state index contributed by atoms with van der Waals surface area (Å²) in [7, 11) is 1.53. The van der Waals surface area contributed by atoms with Crippen LogP contribution in [0.4, 0.5) is 0 Å². The van der Waals surface area contributed by atoms with Crippen LogP contribution in [0.3, 0.4) is 0 Å². The number of carbonyl (C=O) groups excluding carboxylic acids is 1. The molecule has 2 heterocycles. The molecule has 0 aliphatic carbocycles. The predicted molar refractivity (Wildman–Crippen MR) is 103 cm³/mol. The highest BCUT2D eigenvalue weighted by Gasteiger charge is 2.11. The highest BCUT2D eigenvalue weighted by atomic mass is 35.5. The van der Waals surface area contributed by atoms with Gasteiger partial charge in [0.25, 0.3) is 0 Å². The van der Waals surface area contributed by atoms with Gasteiger partial charge in [-0.1, -0.05) is 29.4 Å². The Balaban J connectivity index is 1.58. The first kappa shape index (κ1) is 17.7. The molecule has 0 saturated carbocycles. The molecule has 1 aromatic carbocycles. The number of methoxy groups -OCH3 is 1. The van der Waals surface area contributed by atoms with Crippen molar-refractivity contribution in [2.24, 2.45) is 0 Å². The van der Waals surface area contributed by atoms with E-state index in [4.69, 9.17) is 16.3 Å². The van der Waals surface area contributed by atoms with Gasteiger partial charge in [-0.25, -0.2) is 4.98 Å². The van der Waals surface area contributed by atoms with Crippen molar-refractivity contribution in [3.8, 4) is 5.75 Å². The van der Waals surface area contributed by atoms with Crippen LogP contribution in [-0.2, 0) is 0 Å². The number of nitrogens with zero attached hydrogens (tertiary/aromatic N) is 2. The number of thioether (sulfide) groups is 1. The normalized spacial score (nSPS) is 11.1. The van der Waals surface area contributed by atoms with E-state index in [1.54, 1.807) is 29.5 Å². The van der Waals surface area contributed by atoms with Gasteiger partial charge in [-0.3, -0.25) is 9.89 Å². The number of hydrogen-bond acceptors (Lipinski definition) is 6. The molecule has 8 heteroatoms. The predicted octanol–water partition coefficient (Wildman–Crippen LogP) is 4.67. The Bertz CT molecular complexity index is 891. The van der Waals surface area contributed by atoms with Crippen LogP contribution in [0, 0.1) is 0 Å². The van der Waals surface area contributed by atoms with Gasteiger partial charge in [-0.05, 0) is 41.8 Å². The molecule has 5 nitrogen and oxygen atoms in total. The van der Waals surface area contributed by atoms with Crippen LogP contribution < -0.4 is 4.74 Å². The van der Waals surface area contributed by atoms with Gasteiger partial charge in [0, 0.05) is 10.4 Å². The quantitative estimate of drug-likeness (QED) is 0.468. The van der Waals surface area contributed by atoms with E-state index in [2.05, 4.69) is 15.2 Å². The smallest absolute Gasteiger partial charge is 0.209 e. The molecule has 0 aliphatic heterocycles. The molecule has 0 amide bonds. The van der Waals surface area contributed by atoms with E-state index in [0.717, 1.165) is 4.88 Å². The molecule has 3 aromatic rings. The zero-order valence-corrected chi connectivity index (χ0v) is 15.6. The molecule has 0 saturated heterocycles. The van der Waals surface area contributed by atoms with E-state index in [1.165, 1.54) is 18.9 Å². The van der Waals surface area contributed by atoms with Crippen LogP contribution >= 0.6 is 34.7 Å². The summed E-state index contributed by atoms with van der Waals surface area (Å²) in [6.45, 7) is 0. The van der Waals surface area contributed by atoms with Crippen molar-refractivity contribution in [3.63, 3.8) is 0 Å². The van der Waals surface area contributed by atoms with E-state index < -0.39 is 0 Å². The second kappa shape index (κ2) is 8.33. The fourth-order valence-electron chi connectivity index (χ4n) is 2.00. The van der Waals surface area contributed by atoms with E-state index in [1.807, 2.05) is 29.7 Å². The molecular formula is C17H14ClN3O2S2. The summed E-state index contributed by atoms with van der Waals surface area (Å²) in [4.78, 5) is 17.7. The third kappa shape index (κ3) is 4.72. The first-order valence-corrected chi connectivity index (χ1v) is 9.53. The highest BCUT2D eigenvalue weighted by Crippen LogP contribution is 2.26. The topological polar surface area (TPSA) is 67.9 Å². The monoisotopic (exact) mass is 391 g/mol. The lowest BCUT2D eigenvalue weighted by atomic mass is 10.1. The number of H-pyrrole nitrogens is 1. The lowest BCUT2D eigenvalue weighted by Gasteiger charge is -2.04. The Morgan fingerprint density at radius 3 is 3.00 bits per heavy atom. The minimum atomic E-state index is -0.0463. The Morgan fingerprint density at radius 2 is 2.28 bits per heavy atom. The van der Waals surface area contributed by atoms with Crippen molar-refractivity contribution in [2.45, 2.75) is 5.16 Å². The number of aromatic amines is 1. The minimum absolute atomic E-state index is 0.0463. The number of hydrogen-bond donors (Lipinski definition) is 1. The van der Waals surface area contributed by atoms with Crippen molar-refractivity contribution in [1.82, 2.24) is 15.2 Å². The Labute approximate surface area is 158 Å². The van der Waals surface area contributed by atoms with Crippen molar-refractivity contribution < 1.29 is 9.53 Å². The first-order valence-electron chi connectivity index (χ1n) is 7.29. The van der Waals surface area contributed by atoms with E-state index in [9.17, 15) is 4.79 Å². The lowest BCUT2D eigenvalue weighted by molar-refractivity contribution is 0.102. The molecule has 0 unspecified atom stereocenters. The van der Waals surface area contributed by atoms with E-state index >= 15 is 0 Å². The molecule has 0 spiro atoms. The van der Waals surface area contributed by atoms with Gasteiger partial charge in [0.15, 0.2) is 5.78 Å². The van der Waals surface area contributed by atoms with Gasteiger partial charge in [0.1, 0.15) is 11.6 Å². The number of aromatic nitrogens is 3. The van der Waals surface area contributed by atoms with Crippen molar-refractivity contribution in [1.29, 1.82) is 0 Å². The van der Waals surface area contributed by atoms with Crippen LogP contribution in [0.2, 0.25) is 5.02 Å². The van der Waals surface area contributed by atoms with Gasteiger partial charge in [0.05, 0.1) is 17.9 Å². The average molecular weight is 392 g/mol. The van der Waals surface area contributed by atoms with Crippen molar-refractivity contribution >= 4 is 52.6 Å². The number of rotatable bonds is 7. The molecule has 1 N–H and O–H groups in total. The lowest BCUT2D eigenvalue weighted by Crippen LogP contribution is -2.03. The molecule has 128 valence electrons. The maximum Gasteiger partial charge on any atom is 0.209 e. The maximum atomic E-state index is 12.3. The molecule has 2 aromatic heterocycles. The van der Waals surface area contributed by atoms with Crippen LogP contribution in [-0.4, -0.2) is 33.8 Å². The van der Waals surface area contributed by atoms with Crippen LogP contribution in [0.25, 0.3) is 12.2 Å². The number of thiophene rings is 1. The number of benzene rings is 1. The SMILES string of the molecule is COc1ccc(C(=O)CSc2n[nH]c(C=Cc3cccs3)n2)cc1Cl. The largest absolute Gasteiger partial charge is 0.495 e. The Hall–Kier alpha value is -2.09. The summed E-state index contributed by atoms with van der Waals surface area (Å²) in [5.41, 5.74) is 0.534. The van der Waals surface area contributed by atoms with Gasteiger partial charge < -0.3 is 4.74 Å². The number of carbonyl (C=O) groups is 1. The number of ketones is 1. The molecular weight excluding hydrogens is 378 g/mol. The fraction of sp³-hybridized carbons (Fsp3) is 0.118. The van der Waals surface area contributed by atoms with E-state index in [-0.39, 0.29) is 11.5 Å². The third-order valence-corrected chi connectivity index (χ3v) is 5.22. The van der Waals surface area contributed by atoms with E-state index in [0.29, 0.717) is 27.3 Å². The van der Waals surface area contributed by atoms with Crippen molar-refractivity contribution in [2.75, 3.05) is 12.9 Å². The van der Waals surface area contributed by atoms with Crippen LogP contribution in [0.1, 0.15) is 21.1 Å². The first-order chi connectivity index (χ1) is 12.2. The standard InChI is InChI=1S/C17H14ClN3O2S2/c1-23-15-6-4-11(9-13(15)18)14(22)10-25-17-19-16(20-21-17)7-5-12-3-2-8-24-12/h2-9H,10H2,1H3,(H,19,20,21). The molecule has 0 atom stereocenters. The summed E-state index contributed by atoms with van der Waals surface area (Å²) in [5.74, 6) is 1.38. The summed E-state index contributed by atoms with van der Waals surface area (Å²) < 4.78 is 5.08. The molecule has 0 radical (unpaired) electrons.